The van der Waals surface area contributed by atoms with Crippen LogP contribution in [0.25, 0.3) is 0 Å². The van der Waals surface area contributed by atoms with Crippen LogP contribution in [0.5, 0.6) is 5.75 Å². The molecule has 0 radical (unpaired) electrons. The molecule has 160 valence electrons. The largest absolute Gasteiger partial charge is 0.497 e. The summed E-state index contributed by atoms with van der Waals surface area (Å²) in [6.45, 7) is 2.78. The van der Waals surface area contributed by atoms with Gasteiger partial charge in [0.1, 0.15) is 11.6 Å². The molecule has 30 heavy (non-hydrogen) atoms. The Bertz CT molecular complexity index is 901. The van der Waals surface area contributed by atoms with Crippen molar-refractivity contribution in [1.29, 1.82) is 0 Å². The summed E-state index contributed by atoms with van der Waals surface area (Å²) in [5.41, 5.74) is 1.48. The van der Waals surface area contributed by atoms with Crippen molar-refractivity contribution in [2.75, 3.05) is 32.6 Å². The monoisotopic (exact) mass is 413 g/mol. The maximum atomic E-state index is 14.2. The average Bonchev–Trinajstić information content (AvgIpc) is 2.73. The molecule has 0 spiro atoms. The molecule has 2 amide bonds. The lowest BCUT2D eigenvalue weighted by atomic mass is 9.85. The second kappa shape index (κ2) is 9.71. The summed E-state index contributed by atoms with van der Waals surface area (Å²) in [7, 11) is 3.72. The molecule has 7 heteroatoms. The summed E-state index contributed by atoms with van der Waals surface area (Å²) < 4.78 is 19.5. The molecule has 0 bridgehead atoms. The Labute approximate surface area is 176 Å². The van der Waals surface area contributed by atoms with E-state index in [-0.39, 0.29) is 23.4 Å². The molecular weight excluding hydrogens is 385 g/mol. The molecule has 2 N–H and O–H groups in total. The van der Waals surface area contributed by atoms with Gasteiger partial charge in [0.15, 0.2) is 0 Å². The summed E-state index contributed by atoms with van der Waals surface area (Å²) in [5, 5.41) is 5.46. The number of carbonyl (C=O) groups is 2. The third kappa shape index (κ3) is 5.16. The lowest BCUT2D eigenvalue weighted by Gasteiger charge is -2.39. The molecule has 0 aliphatic carbocycles. The molecule has 1 saturated heterocycles. The fourth-order valence-corrected chi connectivity index (χ4v) is 4.10. The highest BCUT2D eigenvalue weighted by molar-refractivity contribution is 5.97. The van der Waals surface area contributed by atoms with Gasteiger partial charge >= 0.3 is 0 Å². The molecule has 2 aromatic carbocycles. The number of benzene rings is 2. The number of ether oxygens (including phenoxy) is 1. The van der Waals surface area contributed by atoms with Gasteiger partial charge in [0.25, 0.3) is 5.91 Å². The van der Waals surface area contributed by atoms with Crippen molar-refractivity contribution in [3.8, 4) is 5.75 Å². The maximum absolute atomic E-state index is 14.2. The van der Waals surface area contributed by atoms with Gasteiger partial charge in [-0.25, -0.2) is 4.39 Å². The Kier molecular flexibility index (Phi) is 7.05. The molecule has 2 unspecified atom stereocenters. The van der Waals surface area contributed by atoms with E-state index in [4.69, 9.17) is 4.74 Å². The summed E-state index contributed by atoms with van der Waals surface area (Å²) in [4.78, 5) is 26.2. The Morgan fingerprint density at radius 1 is 1.20 bits per heavy atom. The zero-order valence-corrected chi connectivity index (χ0v) is 17.6. The lowest BCUT2D eigenvalue weighted by molar-refractivity contribution is -0.114. The van der Waals surface area contributed by atoms with Crippen LogP contribution < -0.4 is 15.4 Å². The number of carbonyl (C=O) groups excluding carboxylic acids is 2. The van der Waals surface area contributed by atoms with E-state index >= 15 is 0 Å². The van der Waals surface area contributed by atoms with Crippen molar-refractivity contribution in [1.82, 2.24) is 10.2 Å². The summed E-state index contributed by atoms with van der Waals surface area (Å²) in [6.07, 6.45) is 2.01. The van der Waals surface area contributed by atoms with Gasteiger partial charge in [0.05, 0.1) is 12.7 Å². The number of rotatable bonds is 6. The Hall–Kier alpha value is -2.93. The smallest absolute Gasteiger partial charge is 0.254 e. The second-order valence-electron chi connectivity index (χ2n) is 7.69. The van der Waals surface area contributed by atoms with E-state index in [1.165, 1.54) is 25.1 Å². The molecule has 2 atom stereocenters. The molecule has 0 aromatic heterocycles. The first-order chi connectivity index (χ1) is 14.4. The van der Waals surface area contributed by atoms with Crippen LogP contribution in [0.2, 0.25) is 0 Å². The normalized spacial score (nSPS) is 19.2. The highest BCUT2D eigenvalue weighted by atomic mass is 19.1. The van der Waals surface area contributed by atoms with Gasteiger partial charge in [0, 0.05) is 25.2 Å². The molecule has 1 aliphatic heterocycles. The van der Waals surface area contributed by atoms with Crippen LogP contribution in [0.15, 0.2) is 42.5 Å². The van der Waals surface area contributed by atoms with Crippen LogP contribution in [0.3, 0.4) is 0 Å². The van der Waals surface area contributed by atoms with E-state index in [0.29, 0.717) is 12.2 Å². The third-order valence-corrected chi connectivity index (χ3v) is 5.52. The number of halogens is 1. The molecule has 0 saturated carbocycles. The number of anilines is 1. The van der Waals surface area contributed by atoms with Crippen LogP contribution in [0.1, 0.15) is 41.7 Å². The number of methoxy groups -OCH3 is 1. The van der Waals surface area contributed by atoms with E-state index in [2.05, 4.69) is 34.7 Å². The summed E-state index contributed by atoms with van der Waals surface area (Å²) >= 11 is 0. The average molecular weight is 413 g/mol. The van der Waals surface area contributed by atoms with E-state index in [0.717, 1.165) is 30.7 Å². The number of piperidine rings is 1. The maximum Gasteiger partial charge on any atom is 0.254 e. The zero-order valence-electron chi connectivity index (χ0n) is 17.6. The fourth-order valence-electron chi connectivity index (χ4n) is 4.10. The van der Waals surface area contributed by atoms with Crippen molar-refractivity contribution < 1.29 is 18.7 Å². The van der Waals surface area contributed by atoms with Crippen LogP contribution >= 0.6 is 0 Å². The number of nitrogens with zero attached hydrogens (tertiary/aromatic N) is 1. The molecule has 6 nitrogen and oxygen atoms in total. The number of amides is 2. The van der Waals surface area contributed by atoms with Crippen molar-refractivity contribution in [2.45, 2.75) is 25.8 Å². The predicted octanol–water partition coefficient (Wildman–Crippen LogP) is 3.61. The van der Waals surface area contributed by atoms with E-state index in [1.54, 1.807) is 7.11 Å². The number of likely N-dealkylation sites (tertiary alicyclic amines) is 1. The van der Waals surface area contributed by atoms with Crippen LogP contribution in [-0.2, 0) is 4.79 Å². The van der Waals surface area contributed by atoms with Crippen LogP contribution in [0, 0.1) is 11.7 Å². The fraction of sp³-hybridized carbons (Fsp3) is 0.391. The van der Waals surface area contributed by atoms with E-state index in [9.17, 15) is 14.0 Å². The first-order valence-corrected chi connectivity index (χ1v) is 10.1. The van der Waals surface area contributed by atoms with Crippen molar-refractivity contribution in [3.63, 3.8) is 0 Å². The summed E-state index contributed by atoms with van der Waals surface area (Å²) in [5.74, 6) is -0.379. The minimum Gasteiger partial charge on any atom is -0.497 e. The molecule has 1 heterocycles. The van der Waals surface area contributed by atoms with Crippen LogP contribution in [0.4, 0.5) is 10.1 Å². The SMILES string of the molecule is COc1ccc(C2C(CNC(=O)c3cc(NC(C)=O)ccc3F)CCCN2C)cc1. The van der Waals surface area contributed by atoms with Gasteiger partial charge < -0.3 is 15.4 Å². The first kappa shape index (κ1) is 21.8. The van der Waals surface area contributed by atoms with Crippen molar-refractivity contribution >= 4 is 17.5 Å². The molecule has 2 aromatic rings. The van der Waals surface area contributed by atoms with Crippen molar-refractivity contribution in [2.24, 2.45) is 5.92 Å². The zero-order chi connectivity index (χ0) is 21.7. The van der Waals surface area contributed by atoms with Crippen molar-refractivity contribution in [3.05, 3.63) is 59.4 Å². The molecular formula is C23H28FN3O3. The number of hydrogen-bond donors (Lipinski definition) is 2. The molecule has 1 aliphatic rings. The Morgan fingerprint density at radius 3 is 2.60 bits per heavy atom. The van der Waals surface area contributed by atoms with Gasteiger partial charge in [-0.05, 0) is 68.2 Å². The van der Waals surface area contributed by atoms with Gasteiger partial charge in [-0.1, -0.05) is 12.1 Å². The highest BCUT2D eigenvalue weighted by Crippen LogP contribution is 2.35. The lowest BCUT2D eigenvalue weighted by Crippen LogP contribution is -2.41. The minimum absolute atomic E-state index is 0.0774. The number of hydrogen-bond acceptors (Lipinski definition) is 4. The standard InChI is InChI=1S/C23H28FN3O3/c1-15(28)26-18-8-11-21(24)20(13-18)23(29)25-14-17-5-4-12-27(2)22(17)16-6-9-19(30-3)10-7-16/h6-11,13,17,22H,4-5,12,14H2,1-3H3,(H,25,29)(H,26,28). The quantitative estimate of drug-likeness (QED) is 0.759. The molecule has 3 rings (SSSR count). The Balaban J connectivity index is 1.72. The number of nitrogens with one attached hydrogen (secondary N) is 2. The topological polar surface area (TPSA) is 70.7 Å². The molecule has 1 fully saturated rings. The van der Waals surface area contributed by atoms with Crippen LogP contribution in [-0.4, -0.2) is 44.0 Å². The van der Waals surface area contributed by atoms with Gasteiger partial charge in [-0.2, -0.15) is 0 Å². The summed E-state index contributed by atoms with van der Waals surface area (Å²) in [6, 6.07) is 12.1. The second-order valence-corrected chi connectivity index (χ2v) is 7.69. The minimum atomic E-state index is -0.617. The first-order valence-electron chi connectivity index (χ1n) is 10.1. The van der Waals surface area contributed by atoms with E-state index < -0.39 is 11.7 Å². The predicted molar refractivity (Wildman–Crippen MR) is 114 cm³/mol. The van der Waals surface area contributed by atoms with E-state index in [1.807, 2.05) is 12.1 Å². The highest BCUT2D eigenvalue weighted by Gasteiger charge is 2.31. The van der Waals surface area contributed by atoms with Gasteiger partial charge in [-0.15, -0.1) is 0 Å². The van der Waals surface area contributed by atoms with Gasteiger partial charge in [-0.3, -0.25) is 14.5 Å². The van der Waals surface area contributed by atoms with Gasteiger partial charge in [0.2, 0.25) is 5.91 Å². The third-order valence-electron chi connectivity index (χ3n) is 5.52. The Morgan fingerprint density at radius 2 is 1.93 bits per heavy atom.